The molecule has 0 bridgehead atoms. The summed E-state index contributed by atoms with van der Waals surface area (Å²) in [5, 5.41) is 6.74. The van der Waals surface area contributed by atoms with Gasteiger partial charge in [0.1, 0.15) is 0 Å². The molecule has 8 heteroatoms. The minimum Gasteiger partial charge on any atom is -0.357 e. The van der Waals surface area contributed by atoms with Crippen LogP contribution >= 0.6 is 0 Å². The second-order valence-electron chi connectivity index (χ2n) is 7.08. The van der Waals surface area contributed by atoms with Gasteiger partial charge >= 0.3 is 0 Å². The number of nitrogens with zero attached hydrogens (tertiary/aromatic N) is 2. The van der Waals surface area contributed by atoms with Gasteiger partial charge < -0.3 is 10.6 Å². The zero-order chi connectivity index (χ0) is 22.7. The minimum absolute atomic E-state index is 0.226. The van der Waals surface area contributed by atoms with Crippen molar-refractivity contribution in [3.05, 3.63) is 65.7 Å². The van der Waals surface area contributed by atoms with Crippen molar-refractivity contribution in [3.8, 4) is 0 Å². The number of nitrogens with one attached hydrogen (secondary N) is 3. The van der Waals surface area contributed by atoms with Crippen LogP contribution in [0, 0.1) is 0 Å². The van der Waals surface area contributed by atoms with Gasteiger partial charge in [-0.15, -0.1) is 0 Å². The van der Waals surface area contributed by atoms with Crippen LogP contribution in [0.3, 0.4) is 0 Å². The molecule has 170 valence electrons. The van der Waals surface area contributed by atoms with Crippen molar-refractivity contribution in [2.75, 3.05) is 33.2 Å². The summed E-state index contributed by atoms with van der Waals surface area (Å²) < 4.78 is 26.4. The third-order valence-electron chi connectivity index (χ3n) is 5.14. The maximum absolute atomic E-state index is 12.1. The molecule has 2 aromatic rings. The molecule has 0 aliphatic heterocycles. The Labute approximate surface area is 187 Å². The van der Waals surface area contributed by atoms with E-state index in [9.17, 15) is 8.42 Å². The zero-order valence-corrected chi connectivity index (χ0v) is 19.7. The fourth-order valence-corrected chi connectivity index (χ4v) is 4.23. The number of hydrogen-bond donors (Lipinski definition) is 3. The van der Waals surface area contributed by atoms with Crippen molar-refractivity contribution in [1.29, 1.82) is 0 Å². The molecule has 1 unspecified atom stereocenters. The highest BCUT2D eigenvalue weighted by molar-refractivity contribution is 7.89. The highest BCUT2D eigenvalue weighted by Crippen LogP contribution is 2.19. The molecule has 3 N–H and O–H groups in total. The maximum atomic E-state index is 12.1. The first-order valence-electron chi connectivity index (χ1n) is 10.8. The summed E-state index contributed by atoms with van der Waals surface area (Å²) in [7, 11) is -2.06. The van der Waals surface area contributed by atoms with Gasteiger partial charge in [0.15, 0.2) is 5.96 Å². The van der Waals surface area contributed by atoms with Crippen LogP contribution in [0.15, 0.2) is 64.5 Å². The van der Waals surface area contributed by atoms with E-state index in [1.807, 2.05) is 19.1 Å². The van der Waals surface area contributed by atoms with Crippen LogP contribution in [-0.2, 0) is 16.6 Å². The van der Waals surface area contributed by atoms with E-state index in [0.717, 1.165) is 25.2 Å². The first-order valence-corrected chi connectivity index (χ1v) is 12.3. The number of sulfonamides is 1. The molecule has 0 spiro atoms. The summed E-state index contributed by atoms with van der Waals surface area (Å²) in [5.41, 5.74) is 2.09. The Morgan fingerprint density at radius 2 is 1.71 bits per heavy atom. The molecular formula is C23H35N5O2S. The molecule has 0 heterocycles. The molecule has 0 aromatic heterocycles. The van der Waals surface area contributed by atoms with E-state index in [1.54, 1.807) is 18.2 Å². The minimum atomic E-state index is -3.47. The number of guanidine groups is 1. The summed E-state index contributed by atoms with van der Waals surface area (Å²) >= 11 is 0. The van der Waals surface area contributed by atoms with Crippen molar-refractivity contribution in [1.82, 2.24) is 20.3 Å². The van der Waals surface area contributed by atoms with Gasteiger partial charge in [0.25, 0.3) is 0 Å². The van der Waals surface area contributed by atoms with Crippen LogP contribution in [0.5, 0.6) is 0 Å². The average Bonchev–Trinajstić information content (AvgIpc) is 2.80. The highest BCUT2D eigenvalue weighted by Gasteiger charge is 2.18. The van der Waals surface area contributed by atoms with Crippen molar-refractivity contribution in [2.45, 2.75) is 38.3 Å². The molecule has 0 saturated carbocycles. The molecule has 1 atom stereocenters. The van der Waals surface area contributed by atoms with Gasteiger partial charge in [-0.05, 0) is 50.3 Å². The lowest BCUT2D eigenvalue weighted by molar-refractivity contribution is 0.219. The van der Waals surface area contributed by atoms with E-state index >= 15 is 0 Å². The number of benzene rings is 2. The van der Waals surface area contributed by atoms with E-state index in [-0.39, 0.29) is 10.9 Å². The van der Waals surface area contributed by atoms with Gasteiger partial charge in [-0.2, -0.15) is 0 Å². The fourth-order valence-electron chi connectivity index (χ4n) is 3.43. The molecule has 0 radical (unpaired) electrons. The van der Waals surface area contributed by atoms with Crippen LogP contribution < -0.4 is 15.4 Å². The first-order chi connectivity index (χ1) is 14.9. The van der Waals surface area contributed by atoms with Crippen molar-refractivity contribution < 1.29 is 8.42 Å². The summed E-state index contributed by atoms with van der Waals surface area (Å²) in [4.78, 5) is 7.33. The van der Waals surface area contributed by atoms with Gasteiger partial charge in [-0.1, -0.05) is 56.3 Å². The molecule has 0 amide bonds. The molecule has 7 nitrogen and oxygen atoms in total. The highest BCUT2D eigenvalue weighted by atomic mass is 32.2. The third kappa shape index (κ3) is 7.34. The van der Waals surface area contributed by atoms with Gasteiger partial charge in [0, 0.05) is 13.1 Å². The number of hydrogen-bond acceptors (Lipinski definition) is 4. The summed E-state index contributed by atoms with van der Waals surface area (Å²) in [5.74, 6) is 0.706. The normalized spacial score (nSPS) is 13.3. The fraction of sp³-hybridized carbons (Fsp3) is 0.435. The van der Waals surface area contributed by atoms with Crippen molar-refractivity contribution in [2.24, 2.45) is 4.99 Å². The summed E-state index contributed by atoms with van der Waals surface area (Å²) in [6, 6.07) is 17.6. The first kappa shape index (κ1) is 24.8. The summed E-state index contributed by atoms with van der Waals surface area (Å²) in [6.45, 7) is 10.1. The molecule has 2 rings (SSSR count). The lowest BCUT2D eigenvalue weighted by Crippen LogP contribution is -2.43. The number of rotatable bonds is 11. The predicted octanol–water partition coefficient (Wildman–Crippen LogP) is 2.73. The van der Waals surface area contributed by atoms with E-state index in [0.29, 0.717) is 19.0 Å². The van der Waals surface area contributed by atoms with E-state index in [1.165, 1.54) is 12.6 Å². The van der Waals surface area contributed by atoms with E-state index in [2.05, 4.69) is 63.4 Å². The maximum Gasteiger partial charge on any atom is 0.240 e. The second-order valence-corrected chi connectivity index (χ2v) is 8.97. The SMILES string of the molecule is CCNC(=NCc1cccc(S(=O)(=O)NC)c1)NCC(c1ccccc1)N(CC)CC. The average molecular weight is 446 g/mol. The molecular weight excluding hydrogens is 410 g/mol. The zero-order valence-electron chi connectivity index (χ0n) is 18.9. The van der Waals surface area contributed by atoms with Crippen LogP contribution in [0.4, 0.5) is 0 Å². The molecule has 0 saturated heterocycles. The van der Waals surface area contributed by atoms with E-state index < -0.39 is 10.0 Å². The van der Waals surface area contributed by atoms with Crippen LogP contribution in [0.25, 0.3) is 0 Å². The van der Waals surface area contributed by atoms with Crippen molar-refractivity contribution in [3.63, 3.8) is 0 Å². The van der Waals surface area contributed by atoms with Gasteiger partial charge in [0.2, 0.25) is 10.0 Å². The molecule has 0 aliphatic carbocycles. The van der Waals surface area contributed by atoms with Crippen LogP contribution in [0.1, 0.15) is 37.9 Å². The molecule has 0 fully saturated rings. The van der Waals surface area contributed by atoms with Crippen LogP contribution in [0.2, 0.25) is 0 Å². The Morgan fingerprint density at radius 1 is 1.00 bits per heavy atom. The summed E-state index contributed by atoms with van der Waals surface area (Å²) in [6.07, 6.45) is 0. The largest absolute Gasteiger partial charge is 0.357 e. The Morgan fingerprint density at radius 3 is 2.32 bits per heavy atom. The third-order valence-corrected chi connectivity index (χ3v) is 6.55. The standard InChI is InChI=1S/C23H35N5O2S/c1-5-25-23(26-17-19-12-11-15-21(16-19)31(29,30)24-4)27-18-22(28(6-2)7-3)20-13-9-8-10-14-20/h8-16,22,24H,5-7,17-18H2,1-4H3,(H2,25,26,27). The molecule has 31 heavy (non-hydrogen) atoms. The van der Waals surface area contributed by atoms with Gasteiger partial charge in [-0.25, -0.2) is 18.1 Å². The molecule has 0 aliphatic rings. The van der Waals surface area contributed by atoms with Gasteiger partial charge in [0.05, 0.1) is 17.5 Å². The predicted molar refractivity (Wildman–Crippen MR) is 128 cm³/mol. The number of aliphatic imine (C=N–C) groups is 1. The Bertz CT molecular complexity index is 928. The monoisotopic (exact) mass is 445 g/mol. The lowest BCUT2D eigenvalue weighted by atomic mass is 10.1. The Hall–Kier alpha value is -2.42. The van der Waals surface area contributed by atoms with Gasteiger partial charge in [-0.3, -0.25) is 4.90 Å². The lowest BCUT2D eigenvalue weighted by Gasteiger charge is -2.30. The second kappa shape index (κ2) is 12.4. The Balaban J connectivity index is 2.16. The van der Waals surface area contributed by atoms with E-state index in [4.69, 9.17) is 0 Å². The van der Waals surface area contributed by atoms with Crippen LogP contribution in [-0.4, -0.2) is 52.5 Å². The quantitative estimate of drug-likeness (QED) is 0.366. The number of likely N-dealkylation sites (N-methyl/N-ethyl adjacent to an activating group) is 1. The Kier molecular flexibility index (Phi) is 9.97. The topological polar surface area (TPSA) is 85.8 Å². The van der Waals surface area contributed by atoms with Crippen molar-refractivity contribution >= 4 is 16.0 Å². The molecule has 2 aromatic carbocycles. The smallest absolute Gasteiger partial charge is 0.240 e.